The Bertz CT molecular complexity index is 553. The first-order valence-corrected chi connectivity index (χ1v) is 7.12. The maximum Gasteiger partial charge on any atom is 0.231 e. The van der Waals surface area contributed by atoms with Crippen molar-refractivity contribution in [1.82, 2.24) is 4.57 Å². The summed E-state index contributed by atoms with van der Waals surface area (Å²) in [6.45, 7) is 7.77. The van der Waals surface area contributed by atoms with Crippen molar-refractivity contribution in [3.63, 3.8) is 0 Å². The number of nitrogens with two attached hydrogens (primary N) is 1. The number of aromatic nitrogens is 1. The molecule has 0 amide bonds. The van der Waals surface area contributed by atoms with E-state index in [-0.39, 0.29) is 5.91 Å². The number of rotatable bonds is 5. The van der Waals surface area contributed by atoms with Gasteiger partial charge in [-0.1, -0.05) is 26.0 Å². The lowest BCUT2D eigenvalue weighted by atomic mass is 10.1. The predicted molar refractivity (Wildman–Crippen MR) is 82.3 cm³/mol. The van der Waals surface area contributed by atoms with Crippen LogP contribution in [0.3, 0.4) is 0 Å². The first-order valence-electron chi connectivity index (χ1n) is 7.12. The van der Waals surface area contributed by atoms with Crippen LogP contribution in [0.2, 0.25) is 0 Å². The molecule has 1 atom stereocenters. The lowest BCUT2D eigenvalue weighted by molar-refractivity contribution is 0.0902. The number of allylic oxidation sites excluding steroid dienone is 1. The van der Waals surface area contributed by atoms with Crippen LogP contribution in [0.15, 0.2) is 35.5 Å². The molecule has 0 radical (unpaired) electrons. The Morgan fingerprint density at radius 2 is 2.15 bits per heavy atom. The van der Waals surface area contributed by atoms with E-state index in [0.717, 1.165) is 12.0 Å². The summed E-state index contributed by atoms with van der Waals surface area (Å²) in [6, 6.07) is 3.79. The molecule has 0 aliphatic rings. The van der Waals surface area contributed by atoms with E-state index in [2.05, 4.69) is 18.0 Å². The van der Waals surface area contributed by atoms with Crippen molar-refractivity contribution in [2.75, 3.05) is 0 Å². The van der Waals surface area contributed by atoms with Crippen LogP contribution in [-0.2, 0) is 0 Å². The maximum absolute atomic E-state index is 11.9. The first kappa shape index (κ1) is 16.4. The molecule has 1 unspecified atom stereocenters. The molecule has 0 fully saturated rings. The molecule has 0 aromatic carbocycles. The summed E-state index contributed by atoms with van der Waals surface area (Å²) >= 11 is 0. The molecule has 1 aromatic heterocycles. The summed E-state index contributed by atoms with van der Waals surface area (Å²) < 4.78 is 1.57. The third-order valence-corrected chi connectivity index (χ3v) is 2.96. The van der Waals surface area contributed by atoms with E-state index < -0.39 is 5.66 Å². The number of carbonyl (C=O) groups is 1. The molecule has 110 valence electrons. The van der Waals surface area contributed by atoms with Crippen molar-refractivity contribution >= 4 is 5.91 Å². The Hall–Kier alpha value is -1.68. The summed E-state index contributed by atoms with van der Waals surface area (Å²) in [7, 11) is 0. The van der Waals surface area contributed by atoms with Crippen LogP contribution < -0.4 is 11.2 Å². The van der Waals surface area contributed by atoms with Crippen LogP contribution in [0.5, 0.6) is 0 Å². The minimum Gasteiger partial charge on any atom is -0.307 e. The molecule has 0 aliphatic carbocycles. The van der Waals surface area contributed by atoms with E-state index in [1.54, 1.807) is 10.8 Å². The van der Waals surface area contributed by atoms with E-state index in [0.29, 0.717) is 18.3 Å². The molecule has 0 saturated heterocycles. The van der Waals surface area contributed by atoms with Crippen LogP contribution in [-0.4, -0.2) is 16.1 Å². The number of aryl methyl sites for hydroxylation is 1. The number of hydrogen-bond acceptors (Lipinski definition) is 3. The molecular formula is C16H25N3O. The highest BCUT2D eigenvalue weighted by atomic mass is 16.2. The highest BCUT2D eigenvalue weighted by molar-refractivity contribution is 5.78. The lowest BCUT2D eigenvalue weighted by Gasteiger charge is -2.18. The van der Waals surface area contributed by atoms with Gasteiger partial charge >= 0.3 is 0 Å². The molecule has 0 bridgehead atoms. The van der Waals surface area contributed by atoms with Crippen LogP contribution in [0, 0.1) is 6.92 Å². The van der Waals surface area contributed by atoms with Gasteiger partial charge in [0.1, 0.15) is 11.2 Å². The molecule has 1 aromatic rings. The quantitative estimate of drug-likeness (QED) is 0.840. The van der Waals surface area contributed by atoms with Gasteiger partial charge in [-0.3, -0.25) is 9.36 Å². The Labute approximate surface area is 121 Å². The van der Waals surface area contributed by atoms with E-state index >= 15 is 0 Å². The lowest BCUT2D eigenvalue weighted by Crippen LogP contribution is -2.38. The number of pyridine rings is 1. The van der Waals surface area contributed by atoms with Gasteiger partial charge < -0.3 is 5.73 Å². The van der Waals surface area contributed by atoms with Gasteiger partial charge in [-0.2, -0.15) is 0 Å². The minimum atomic E-state index is -0.713. The standard InChI is InChI=1S/C16H25N3O/c1-5-7-8-10-16(4,17)18-14-12-13(3)9-11-19(14)15(20)6-2/h7-9,11-12H,5-6,10,17H2,1-4H3/b8-7-,18-14-. The number of hydrogen-bond donors (Lipinski definition) is 1. The van der Waals surface area contributed by atoms with Gasteiger partial charge in [-0.25, -0.2) is 4.99 Å². The van der Waals surface area contributed by atoms with Crippen LogP contribution in [0.25, 0.3) is 0 Å². The Morgan fingerprint density at radius 1 is 1.45 bits per heavy atom. The Morgan fingerprint density at radius 3 is 2.75 bits per heavy atom. The van der Waals surface area contributed by atoms with Crippen molar-refractivity contribution in [2.24, 2.45) is 10.7 Å². The monoisotopic (exact) mass is 275 g/mol. The van der Waals surface area contributed by atoms with Gasteiger partial charge in [-0.15, -0.1) is 0 Å². The smallest absolute Gasteiger partial charge is 0.231 e. The SMILES string of the molecule is CC/C=C\CC(C)(N)/N=c1/cc(C)ccn1C(=O)CC. The molecule has 4 heteroatoms. The average Bonchev–Trinajstić information content (AvgIpc) is 2.37. The van der Waals surface area contributed by atoms with Crippen LogP contribution in [0.4, 0.5) is 0 Å². The van der Waals surface area contributed by atoms with Gasteiger partial charge in [0.05, 0.1) is 0 Å². The largest absolute Gasteiger partial charge is 0.307 e. The average molecular weight is 275 g/mol. The van der Waals surface area contributed by atoms with Crippen molar-refractivity contribution in [3.8, 4) is 0 Å². The predicted octanol–water partition coefficient (Wildman–Crippen LogP) is 2.78. The Balaban J connectivity index is 3.22. The van der Waals surface area contributed by atoms with Gasteiger partial charge in [0.2, 0.25) is 5.91 Å². The zero-order chi connectivity index (χ0) is 15.2. The second kappa shape index (κ2) is 7.20. The minimum absolute atomic E-state index is 0.0173. The van der Waals surface area contributed by atoms with Crippen molar-refractivity contribution in [3.05, 3.63) is 41.5 Å². The highest BCUT2D eigenvalue weighted by Gasteiger charge is 2.15. The molecule has 0 spiro atoms. The van der Waals surface area contributed by atoms with Gasteiger partial charge in [0, 0.05) is 19.0 Å². The summed E-state index contributed by atoms with van der Waals surface area (Å²) in [4.78, 5) is 16.5. The molecule has 1 rings (SSSR count). The highest BCUT2D eigenvalue weighted by Crippen LogP contribution is 2.08. The fourth-order valence-corrected chi connectivity index (χ4v) is 1.85. The van der Waals surface area contributed by atoms with Crippen LogP contribution >= 0.6 is 0 Å². The Kier molecular flexibility index (Phi) is 5.89. The third kappa shape index (κ3) is 4.78. The second-order valence-electron chi connectivity index (χ2n) is 5.23. The fourth-order valence-electron chi connectivity index (χ4n) is 1.85. The second-order valence-corrected chi connectivity index (χ2v) is 5.23. The number of carbonyl (C=O) groups excluding carboxylic acids is 1. The van der Waals surface area contributed by atoms with E-state index in [9.17, 15) is 4.79 Å². The molecule has 0 saturated carbocycles. The van der Waals surface area contributed by atoms with E-state index in [1.165, 1.54) is 0 Å². The summed E-state index contributed by atoms with van der Waals surface area (Å²) in [6.07, 6.45) is 7.93. The first-order chi connectivity index (χ1) is 9.39. The summed E-state index contributed by atoms with van der Waals surface area (Å²) in [5, 5.41) is 0. The molecule has 1 heterocycles. The van der Waals surface area contributed by atoms with Crippen molar-refractivity contribution < 1.29 is 4.79 Å². The molecule has 4 nitrogen and oxygen atoms in total. The zero-order valence-corrected chi connectivity index (χ0v) is 12.9. The van der Waals surface area contributed by atoms with Gasteiger partial charge in [-0.05, 0) is 38.0 Å². The van der Waals surface area contributed by atoms with Crippen molar-refractivity contribution in [1.29, 1.82) is 0 Å². The fraction of sp³-hybridized carbons (Fsp3) is 0.500. The van der Waals surface area contributed by atoms with E-state index in [1.807, 2.05) is 39.0 Å². The van der Waals surface area contributed by atoms with Crippen LogP contribution in [0.1, 0.15) is 50.4 Å². The van der Waals surface area contributed by atoms with Gasteiger partial charge in [0.15, 0.2) is 0 Å². The molecule has 2 N–H and O–H groups in total. The third-order valence-electron chi connectivity index (χ3n) is 2.96. The molecular weight excluding hydrogens is 250 g/mol. The topological polar surface area (TPSA) is 60.4 Å². The zero-order valence-electron chi connectivity index (χ0n) is 12.9. The van der Waals surface area contributed by atoms with Gasteiger partial charge in [0.25, 0.3) is 0 Å². The molecule has 0 aliphatic heterocycles. The number of nitrogens with zero attached hydrogens (tertiary/aromatic N) is 2. The van der Waals surface area contributed by atoms with E-state index in [4.69, 9.17) is 5.73 Å². The molecule has 20 heavy (non-hydrogen) atoms. The summed E-state index contributed by atoms with van der Waals surface area (Å²) in [5.41, 5.74) is 7.17. The maximum atomic E-state index is 11.9. The van der Waals surface area contributed by atoms with Crippen molar-refractivity contribution in [2.45, 2.75) is 52.6 Å². The normalized spacial score (nSPS) is 15.6. The summed E-state index contributed by atoms with van der Waals surface area (Å²) in [5.74, 6) is 0.0173.